The number of aromatic amines is 1. The fourth-order valence-corrected chi connectivity index (χ4v) is 1.88. The van der Waals surface area contributed by atoms with E-state index < -0.39 is 43.0 Å². The maximum atomic E-state index is 13.4. The van der Waals surface area contributed by atoms with Gasteiger partial charge in [-0.25, -0.2) is 9.18 Å². The van der Waals surface area contributed by atoms with E-state index in [1.807, 2.05) is 4.98 Å². The van der Waals surface area contributed by atoms with Crippen LogP contribution in [0.3, 0.4) is 0 Å². The zero-order valence-electron chi connectivity index (χ0n) is 9.38. The fourth-order valence-electron chi connectivity index (χ4n) is 1.88. The number of aromatic nitrogens is 2. The SMILES string of the molecule is O=c1[nH]c(=O)n([C@@H]2C[C@@H](F)[C@H](CO)O2)cc1CO. The maximum absolute atomic E-state index is 13.4. The molecule has 2 heterocycles. The van der Waals surface area contributed by atoms with Crippen molar-refractivity contribution in [1.29, 1.82) is 0 Å². The third-order valence-corrected chi connectivity index (χ3v) is 2.86. The molecule has 1 saturated heterocycles. The Morgan fingerprint density at radius 1 is 1.50 bits per heavy atom. The van der Waals surface area contributed by atoms with Crippen LogP contribution in [-0.2, 0) is 11.3 Å². The predicted octanol–water partition coefficient (Wildman–Crippen LogP) is -1.35. The molecule has 2 rings (SSSR count). The number of hydrogen-bond donors (Lipinski definition) is 3. The highest BCUT2D eigenvalue weighted by Gasteiger charge is 2.36. The molecule has 3 N–H and O–H groups in total. The number of halogens is 1. The van der Waals surface area contributed by atoms with Crippen LogP contribution >= 0.6 is 0 Å². The highest BCUT2D eigenvalue weighted by molar-refractivity contribution is 5.03. The summed E-state index contributed by atoms with van der Waals surface area (Å²) in [6, 6.07) is 0. The topological polar surface area (TPSA) is 105 Å². The molecule has 1 aliphatic heterocycles. The number of aliphatic hydroxyl groups is 2. The number of rotatable bonds is 3. The van der Waals surface area contributed by atoms with Gasteiger partial charge in [0.05, 0.1) is 18.8 Å². The van der Waals surface area contributed by atoms with Gasteiger partial charge in [-0.2, -0.15) is 0 Å². The van der Waals surface area contributed by atoms with E-state index in [9.17, 15) is 14.0 Å². The molecule has 3 atom stereocenters. The zero-order chi connectivity index (χ0) is 13.3. The Hall–Kier alpha value is -1.51. The standard InChI is InChI=1S/C10H13FN2O5/c11-6-1-8(18-7(6)4-15)13-2-5(3-14)9(16)12-10(13)17/h2,6-8,14-15H,1,3-4H2,(H,12,16,17)/t6-,7+,8+/m1/s1. The summed E-state index contributed by atoms with van der Waals surface area (Å²) in [7, 11) is 0. The summed E-state index contributed by atoms with van der Waals surface area (Å²) in [5, 5.41) is 17.8. The zero-order valence-corrected chi connectivity index (χ0v) is 9.38. The first-order valence-corrected chi connectivity index (χ1v) is 5.42. The van der Waals surface area contributed by atoms with Gasteiger partial charge in [-0.1, -0.05) is 0 Å². The lowest BCUT2D eigenvalue weighted by Crippen LogP contribution is -2.34. The maximum Gasteiger partial charge on any atom is 0.330 e. The molecule has 1 fully saturated rings. The van der Waals surface area contributed by atoms with Crippen molar-refractivity contribution in [1.82, 2.24) is 9.55 Å². The van der Waals surface area contributed by atoms with Gasteiger partial charge >= 0.3 is 5.69 Å². The molecule has 18 heavy (non-hydrogen) atoms. The smallest absolute Gasteiger partial charge is 0.330 e. The van der Waals surface area contributed by atoms with Gasteiger partial charge < -0.3 is 14.9 Å². The third kappa shape index (κ3) is 2.22. The van der Waals surface area contributed by atoms with Gasteiger partial charge in [-0.05, 0) is 0 Å². The van der Waals surface area contributed by atoms with Crippen LogP contribution in [-0.4, -0.2) is 38.6 Å². The van der Waals surface area contributed by atoms with Crippen molar-refractivity contribution in [2.24, 2.45) is 0 Å². The van der Waals surface area contributed by atoms with Gasteiger partial charge in [0.15, 0.2) is 0 Å². The van der Waals surface area contributed by atoms with Crippen LogP contribution in [0.25, 0.3) is 0 Å². The summed E-state index contributed by atoms with van der Waals surface area (Å²) in [4.78, 5) is 24.8. The molecule has 8 heteroatoms. The minimum atomic E-state index is -1.38. The van der Waals surface area contributed by atoms with Gasteiger partial charge in [-0.3, -0.25) is 14.3 Å². The van der Waals surface area contributed by atoms with Crippen LogP contribution in [0.15, 0.2) is 15.8 Å². The van der Waals surface area contributed by atoms with E-state index in [1.54, 1.807) is 0 Å². The van der Waals surface area contributed by atoms with Crippen LogP contribution in [0.5, 0.6) is 0 Å². The highest BCUT2D eigenvalue weighted by Crippen LogP contribution is 2.29. The second kappa shape index (κ2) is 5.01. The lowest BCUT2D eigenvalue weighted by Gasteiger charge is -2.14. The van der Waals surface area contributed by atoms with Gasteiger partial charge in [0, 0.05) is 12.6 Å². The Bertz CT molecular complexity index is 540. The van der Waals surface area contributed by atoms with Crippen molar-refractivity contribution in [3.63, 3.8) is 0 Å². The molecule has 0 unspecified atom stereocenters. The minimum absolute atomic E-state index is 0.0129. The van der Waals surface area contributed by atoms with Crippen LogP contribution in [0.1, 0.15) is 18.2 Å². The summed E-state index contributed by atoms with van der Waals surface area (Å²) in [5.41, 5.74) is -1.44. The van der Waals surface area contributed by atoms with Crippen molar-refractivity contribution in [2.45, 2.75) is 31.5 Å². The summed E-state index contributed by atoms with van der Waals surface area (Å²) in [6.07, 6.45) is -2.21. The number of ether oxygens (including phenoxy) is 1. The molecule has 0 spiro atoms. The van der Waals surface area contributed by atoms with Crippen molar-refractivity contribution in [3.05, 3.63) is 32.6 Å². The molecule has 0 radical (unpaired) electrons. The van der Waals surface area contributed by atoms with Crippen LogP contribution in [0.2, 0.25) is 0 Å². The second-order valence-corrected chi connectivity index (χ2v) is 4.04. The number of H-pyrrole nitrogens is 1. The molecular formula is C10H13FN2O5. The molecule has 7 nitrogen and oxygen atoms in total. The van der Waals surface area contributed by atoms with Crippen LogP contribution in [0, 0.1) is 0 Å². The Kier molecular flexibility index (Phi) is 3.60. The first-order chi connectivity index (χ1) is 8.56. The molecule has 0 amide bonds. The van der Waals surface area contributed by atoms with E-state index in [0.717, 1.165) is 10.8 Å². The second-order valence-electron chi connectivity index (χ2n) is 4.04. The molecule has 0 aromatic carbocycles. The first-order valence-electron chi connectivity index (χ1n) is 5.42. The quantitative estimate of drug-likeness (QED) is 0.623. The lowest BCUT2D eigenvalue weighted by atomic mass is 10.2. The average molecular weight is 260 g/mol. The van der Waals surface area contributed by atoms with E-state index in [0.29, 0.717) is 0 Å². The van der Waals surface area contributed by atoms with E-state index in [4.69, 9.17) is 14.9 Å². The first kappa shape index (κ1) is 12.9. The Balaban J connectivity index is 2.35. The number of alkyl halides is 1. The summed E-state index contributed by atoms with van der Waals surface area (Å²) in [6.45, 7) is -1.02. The molecule has 1 aromatic heterocycles. The molecule has 0 bridgehead atoms. The Labute approximate surface area is 100 Å². The lowest BCUT2D eigenvalue weighted by molar-refractivity contribution is -0.0357. The van der Waals surface area contributed by atoms with E-state index in [1.165, 1.54) is 0 Å². The average Bonchev–Trinajstić information content (AvgIpc) is 2.70. The highest BCUT2D eigenvalue weighted by atomic mass is 19.1. The van der Waals surface area contributed by atoms with Gasteiger partial charge in [0.2, 0.25) is 0 Å². The van der Waals surface area contributed by atoms with Crippen molar-refractivity contribution >= 4 is 0 Å². The number of nitrogens with zero attached hydrogens (tertiary/aromatic N) is 1. The van der Waals surface area contributed by atoms with Crippen LogP contribution < -0.4 is 11.2 Å². The van der Waals surface area contributed by atoms with Crippen molar-refractivity contribution in [3.8, 4) is 0 Å². The fraction of sp³-hybridized carbons (Fsp3) is 0.600. The monoisotopic (exact) mass is 260 g/mol. The van der Waals surface area contributed by atoms with Gasteiger partial charge in [0.1, 0.15) is 18.5 Å². The Morgan fingerprint density at radius 2 is 2.22 bits per heavy atom. The third-order valence-electron chi connectivity index (χ3n) is 2.86. The van der Waals surface area contributed by atoms with Crippen molar-refractivity contribution in [2.75, 3.05) is 6.61 Å². The minimum Gasteiger partial charge on any atom is -0.394 e. The molecular weight excluding hydrogens is 247 g/mol. The number of nitrogens with one attached hydrogen (secondary N) is 1. The van der Waals surface area contributed by atoms with Crippen molar-refractivity contribution < 1.29 is 19.3 Å². The molecule has 1 aliphatic rings. The summed E-state index contributed by atoms with van der Waals surface area (Å²) >= 11 is 0. The Morgan fingerprint density at radius 3 is 2.78 bits per heavy atom. The number of hydrogen-bond acceptors (Lipinski definition) is 5. The van der Waals surface area contributed by atoms with Gasteiger partial charge in [-0.15, -0.1) is 0 Å². The van der Waals surface area contributed by atoms with Gasteiger partial charge in [0.25, 0.3) is 5.56 Å². The van der Waals surface area contributed by atoms with E-state index >= 15 is 0 Å². The number of aliphatic hydroxyl groups excluding tert-OH is 2. The molecule has 0 saturated carbocycles. The van der Waals surface area contributed by atoms with Crippen LogP contribution in [0.4, 0.5) is 4.39 Å². The molecule has 0 aliphatic carbocycles. The predicted molar refractivity (Wildman–Crippen MR) is 57.8 cm³/mol. The largest absolute Gasteiger partial charge is 0.394 e. The normalized spacial score (nSPS) is 27.6. The van der Waals surface area contributed by atoms with E-state index in [-0.39, 0.29) is 12.0 Å². The molecule has 1 aromatic rings. The molecule has 100 valence electrons. The van der Waals surface area contributed by atoms with E-state index in [2.05, 4.69) is 0 Å². The summed E-state index contributed by atoms with van der Waals surface area (Å²) in [5.74, 6) is 0. The summed E-state index contributed by atoms with van der Waals surface area (Å²) < 4.78 is 19.6.